The second kappa shape index (κ2) is 8.05. The molecule has 3 fully saturated rings. The predicted octanol–water partition coefficient (Wildman–Crippen LogP) is 1.04. The minimum absolute atomic E-state index is 0.110. The maximum Gasteiger partial charge on any atom is 0.239 e. The molecule has 3 aliphatic rings. The Morgan fingerprint density at radius 3 is 2.92 bits per heavy atom. The van der Waals surface area contributed by atoms with E-state index in [1.165, 1.54) is 5.56 Å². The first kappa shape index (κ1) is 17.9. The molecule has 2 saturated heterocycles. The third-order valence-electron chi connectivity index (χ3n) is 6.08. The number of hydrogen-bond acceptors (Lipinski definition) is 5. The van der Waals surface area contributed by atoms with Crippen molar-refractivity contribution in [2.45, 2.75) is 56.5 Å². The molecule has 1 aliphatic carbocycles. The standard InChI is InChI=1S/C20H30N4O2/c1-24-11-10-16-15(12-24)19(23-22-16)20(25)21-17-8-5-9-18(17)26-13-14-6-3-2-4-7-14/h2-4,6-7,15-19,22-23H,5,8-13H2,1H3,(H,21,25)/t15?,16?,17-,18-,19?/m1/s1. The van der Waals surface area contributed by atoms with Gasteiger partial charge in [-0.15, -0.1) is 0 Å². The summed E-state index contributed by atoms with van der Waals surface area (Å²) in [6.45, 7) is 2.65. The van der Waals surface area contributed by atoms with E-state index in [1.54, 1.807) is 0 Å². The van der Waals surface area contributed by atoms with Gasteiger partial charge in [0.25, 0.3) is 0 Å². The summed E-state index contributed by atoms with van der Waals surface area (Å²) >= 11 is 0. The summed E-state index contributed by atoms with van der Waals surface area (Å²) in [7, 11) is 2.13. The molecule has 6 heteroatoms. The van der Waals surface area contributed by atoms with Crippen LogP contribution in [0.5, 0.6) is 0 Å². The van der Waals surface area contributed by atoms with Crippen LogP contribution in [0.15, 0.2) is 30.3 Å². The Labute approximate surface area is 155 Å². The summed E-state index contributed by atoms with van der Waals surface area (Å²) in [5.41, 5.74) is 7.74. The van der Waals surface area contributed by atoms with Gasteiger partial charge >= 0.3 is 0 Å². The smallest absolute Gasteiger partial charge is 0.239 e. The van der Waals surface area contributed by atoms with Gasteiger partial charge in [0, 0.05) is 18.5 Å². The van der Waals surface area contributed by atoms with Gasteiger partial charge in [-0.3, -0.25) is 10.2 Å². The quantitative estimate of drug-likeness (QED) is 0.734. The summed E-state index contributed by atoms with van der Waals surface area (Å²) < 4.78 is 6.13. The van der Waals surface area contributed by atoms with Gasteiger partial charge in [-0.05, 0) is 44.8 Å². The molecule has 6 nitrogen and oxygen atoms in total. The zero-order chi connectivity index (χ0) is 17.9. The van der Waals surface area contributed by atoms with Crippen LogP contribution in [0, 0.1) is 5.92 Å². The van der Waals surface area contributed by atoms with E-state index >= 15 is 0 Å². The van der Waals surface area contributed by atoms with Crippen molar-refractivity contribution in [2.24, 2.45) is 5.92 Å². The maximum absolute atomic E-state index is 12.9. The number of carbonyl (C=O) groups excluding carboxylic acids is 1. The van der Waals surface area contributed by atoms with E-state index in [-0.39, 0.29) is 24.1 Å². The Kier molecular flexibility index (Phi) is 5.55. The van der Waals surface area contributed by atoms with Gasteiger partial charge in [0.05, 0.1) is 18.8 Å². The van der Waals surface area contributed by atoms with E-state index in [4.69, 9.17) is 4.74 Å². The topological polar surface area (TPSA) is 65.6 Å². The molecule has 1 aromatic rings. The average molecular weight is 358 g/mol. The van der Waals surface area contributed by atoms with Gasteiger partial charge in [-0.25, -0.2) is 5.43 Å². The van der Waals surface area contributed by atoms with Gasteiger partial charge in [0.2, 0.25) is 5.91 Å². The molecule has 0 spiro atoms. The lowest BCUT2D eigenvalue weighted by molar-refractivity contribution is -0.125. The lowest BCUT2D eigenvalue weighted by Crippen LogP contribution is -2.53. The number of hydrazine groups is 1. The summed E-state index contributed by atoms with van der Waals surface area (Å²) in [4.78, 5) is 15.2. The molecule has 3 unspecified atom stereocenters. The third-order valence-corrected chi connectivity index (χ3v) is 6.08. The molecule has 2 aliphatic heterocycles. The molecule has 1 amide bonds. The van der Waals surface area contributed by atoms with E-state index in [1.807, 2.05) is 18.2 Å². The molecule has 1 aromatic carbocycles. The molecule has 5 atom stereocenters. The summed E-state index contributed by atoms with van der Waals surface area (Å²) in [5, 5.41) is 3.27. The van der Waals surface area contributed by atoms with E-state index < -0.39 is 0 Å². The molecule has 0 radical (unpaired) electrons. The molecular weight excluding hydrogens is 328 g/mol. The van der Waals surface area contributed by atoms with Crippen molar-refractivity contribution in [1.82, 2.24) is 21.1 Å². The van der Waals surface area contributed by atoms with Crippen LogP contribution in [0.1, 0.15) is 31.2 Å². The Morgan fingerprint density at radius 1 is 1.23 bits per heavy atom. The Morgan fingerprint density at radius 2 is 2.08 bits per heavy atom. The van der Waals surface area contributed by atoms with Gasteiger partial charge in [0.1, 0.15) is 6.04 Å². The summed E-state index contributed by atoms with van der Waals surface area (Å²) in [6.07, 6.45) is 4.32. The largest absolute Gasteiger partial charge is 0.371 e. The fourth-order valence-electron chi connectivity index (χ4n) is 4.57. The van der Waals surface area contributed by atoms with Crippen LogP contribution in [0.3, 0.4) is 0 Å². The Bertz CT molecular complexity index is 611. The first-order valence-electron chi connectivity index (χ1n) is 9.86. The number of rotatable bonds is 5. The molecular formula is C20H30N4O2. The SMILES string of the molecule is CN1CCC2NNC(C(=O)N[C@@H]3CCC[C@H]3OCc3ccccc3)C2C1. The fraction of sp³-hybridized carbons (Fsp3) is 0.650. The zero-order valence-electron chi connectivity index (χ0n) is 15.5. The van der Waals surface area contributed by atoms with E-state index in [2.05, 4.69) is 40.2 Å². The van der Waals surface area contributed by atoms with Crippen LogP contribution in [-0.4, -0.2) is 55.2 Å². The van der Waals surface area contributed by atoms with Crippen molar-refractivity contribution in [2.75, 3.05) is 20.1 Å². The number of ether oxygens (including phenoxy) is 1. The fourth-order valence-corrected chi connectivity index (χ4v) is 4.57. The van der Waals surface area contributed by atoms with Crippen LogP contribution in [-0.2, 0) is 16.1 Å². The van der Waals surface area contributed by atoms with Crippen LogP contribution in [0.2, 0.25) is 0 Å². The molecule has 3 N–H and O–H groups in total. The van der Waals surface area contributed by atoms with E-state index in [0.717, 1.165) is 38.8 Å². The number of amides is 1. The lowest BCUT2D eigenvalue weighted by atomic mass is 9.88. The monoisotopic (exact) mass is 358 g/mol. The highest BCUT2D eigenvalue weighted by Gasteiger charge is 2.43. The summed E-state index contributed by atoms with van der Waals surface area (Å²) in [5.74, 6) is 0.444. The van der Waals surface area contributed by atoms with Crippen LogP contribution < -0.4 is 16.2 Å². The average Bonchev–Trinajstić information content (AvgIpc) is 3.27. The lowest BCUT2D eigenvalue weighted by Gasteiger charge is -2.33. The highest BCUT2D eigenvalue weighted by atomic mass is 16.5. The van der Waals surface area contributed by atoms with Crippen molar-refractivity contribution >= 4 is 5.91 Å². The third kappa shape index (κ3) is 3.93. The second-order valence-corrected chi connectivity index (χ2v) is 7.97. The minimum atomic E-state index is -0.155. The summed E-state index contributed by atoms with van der Waals surface area (Å²) in [6, 6.07) is 10.6. The number of carbonyl (C=O) groups is 1. The molecule has 26 heavy (non-hydrogen) atoms. The van der Waals surface area contributed by atoms with Gasteiger partial charge < -0.3 is 15.0 Å². The van der Waals surface area contributed by atoms with Gasteiger partial charge in [0.15, 0.2) is 0 Å². The van der Waals surface area contributed by atoms with Gasteiger partial charge in [-0.2, -0.15) is 0 Å². The van der Waals surface area contributed by atoms with E-state index in [0.29, 0.717) is 18.6 Å². The molecule has 2 heterocycles. The second-order valence-electron chi connectivity index (χ2n) is 7.97. The maximum atomic E-state index is 12.9. The first-order valence-corrected chi connectivity index (χ1v) is 9.86. The Balaban J connectivity index is 1.31. The predicted molar refractivity (Wildman–Crippen MR) is 100 cm³/mol. The van der Waals surface area contributed by atoms with Crippen molar-refractivity contribution in [3.05, 3.63) is 35.9 Å². The number of likely N-dealkylation sites (tertiary alicyclic amines) is 1. The highest BCUT2D eigenvalue weighted by molar-refractivity contribution is 5.83. The number of nitrogens with zero attached hydrogens (tertiary/aromatic N) is 1. The molecule has 142 valence electrons. The first-order chi connectivity index (χ1) is 12.7. The van der Waals surface area contributed by atoms with Crippen LogP contribution in [0.25, 0.3) is 0 Å². The van der Waals surface area contributed by atoms with Crippen molar-refractivity contribution in [3.8, 4) is 0 Å². The number of nitrogens with one attached hydrogen (secondary N) is 3. The highest BCUT2D eigenvalue weighted by Crippen LogP contribution is 2.26. The van der Waals surface area contributed by atoms with E-state index in [9.17, 15) is 4.79 Å². The molecule has 4 rings (SSSR count). The number of benzene rings is 1. The molecule has 1 saturated carbocycles. The minimum Gasteiger partial charge on any atom is -0.371 e. The van der Waals surface area contributed by atoms with Crippen molar-refractivity contribution in [1.29, 1.82) is 0 Å². The molecule has 0 aromatic heterocycles. The number of piperidine rings is 1. The zero-order valence-corrected chi connectivity index (χ0v) is 15.5. The molecule has 0 bridgehead atoms. The van der Waals surface area contributed by atoms with Crippen molar-refractivity contribution in [3.63, 3.8) is 0 Å². The van der Waals surface area contributed by atoms with Crippen LogP contribution in [0.4, 0.5) is 0 Å². The van der Waals surface area contributed by atoms with Crippen molar-refractivity contribution < 1.29 is 9.53 Å². The van der Waals surface area contributed by atoms with Gasteiger partial charge in [-0.1, -0.05) is 30.3 Å². The Hall–Kier alpha value is -1.47. The number of hydrogen-bond donors (Lipinski definition) is 3. The number of fused-ring (bicyclic) bond motifs is 1. The normalized spacial score (nSPS) is 34.6. The van der Waals surface area contributed by atoms with Crippen LogP contribution >= 0.6 is 0 Å².